The second kappa shape index (κ2) is 8.61. The molecule has 0 fully saturated rings. The van der Waals surface area contributed by atoms with Gasteiger partial charge in [0.1, 0.15) is 17.1 Å². The number of ether oxygens (including phenoxy) is 1. The fraction of sp³-hybridized carbons (Fsp3) is 0.167. The number of benzene rings is 3. The fourth-order valence-electron chi connectivity index (χ4n) is 3.29. The van der Waals surface area contributed by atoms with E-state index in [4.69, 9.17) is 14.7 Å². The van der Waals surface area contributed by atoms with Gasteiger partial charge in [-0.05, 0) is 30.2 Å². The van der Waals surface area contributed by atoms with Crippen LogP contribution in [-0.4, -0.2) is 17.1 Å². The van der Waals surface area contributed by atoms with Crippen molar-refractivity contribution in [2.75, 3.05) is 17.7 Å². The Hall–Kier alpha value is -3.60. The van der Waals surface area contributed by atoms with Crippen molar-refractivity contribution in [3.63, 3.8) is 0 Å². The zero-order valence-corrected chi connectivity index (χ0v) is 16.6. The highest BCUT2D eigenvalue weighted by Crippen LogP contribution is 2.30. The molecule has 4 rings (SSSR count). The first-order chi connectivity index (χ1) is 14.2. The second-order valence-corrected chi connectivity index (χ2v) is 6.87. The van der Waals surface area contributed by atoms with Gasteiger partial charge in [-0.25, -0.2) is 4.98 Å². The van der Waals surface area contributed by atoms with Crippen LogP contribution in [0.5, 0.6) is 5.75 Å². The topological polar surface area (TPSA) is 59.1 Å². The number of nitrogens with zero attached hydrogens (tertiary/aromatic N) is 2. The van der Waals surface area contributed by atoms with Crippen LogP contribution in [0.25, 0.3) is 10.9 Å². The summed E-state index contributed by atoms with van der Waals surface area (Å²) in [5.74, 6) is 2.07. The molecule has 146 valence electrons. The van der Waals surface area contributed by atoms with Gasteiger partial charge in [0.15, 0.2) is 0 Å². The lowest BCUT2D eigenvalue weighted by Crippen LogP contribution is -2.11. The first-order valence-electron chi connectivity index (χ1n) is 9.68. The largest absolute Gasteiger partial charge is 0.494 e. The van der Waals surface area contributed by atoms with Crippen molar-refractivity contribution < 1.29 is 4.74 Å². The Morgan fingerprint density at radius 2 is 1.59 bits per heavy atom. The number of hydrogen-bond acceptors (Lipinski definition) is 5. The molecule has 0 aliphatic rings. The van der Waals surface area contributed by atoms with Gasteiger partial charge in [0.05, 0.1) is 13.2 Å². The van der Waals surface area contributed by atoms with E-state index in [0.717, 1.165) is 22.5 Å². The Balaban J connectivity index is 1.69. The molecule has 2 N–H and O–H groups in total. The van der Waals surface area contributed by atoms with Crippen LogP contribution in [0, 0.1) is 0 Å². The number of anilines is 2. The number of fused-ring (bicyclic) bond motifs is 1. The Morgan fingerprint density at radius 3 is 2.31 bits per heavy atom. The summed E-state index contributed by atoms with van der Waals surface area (Å²) in [6.07, 6.45) is 0. The highest BCUT2D eigenvalue weighted by atomic mass is 16.5. The van der Waals surface area contributed by atoms with Crippen LogP contribution in [0.3, 0.4) is 0 Å². The summed E-state index contributed by atoms with van der Waals surface area (Å²) < 4.78 is 5.54. The quantitative estimate of drug-likeness (QED) is 0.445. The molecule has 0 aliphatic carbocycles. The molecule has 4 aromatic rings. The molecule has 1 atom stereocenters. The maximum absolute atomic E-state index is 5.54. The third-order valence-corrected chi connectivity index (χ3v) is 4.86. The second-order valence-electron chi connectivity index (χ2n) is 6.87. The van der Waals surface area contributed by atoms with Crippen LogP contribution < -0.4 is 15.4 Å². The molecule has 0 saturated heterocycles. The number of rotatable bonds is 7. The summed E-state index contributed by atoms with van der Waals surface area (Å²) in [6.45, 7) is 2.78. The molecular weight excluding hydrogens is 360 g/mol. The average molecular weight is 384 g/mol. The lowest BCUT2D eigenvalue weighted by atomic mass is 10.1. The molecular formula is C24H24N4O. The van der Waals surface area contributed by atoms with Crippen molar-refractivity contribution in [2.24, 2.45) is 0 Å². The summed E-state index contributed by atoms with van der Waals surface area (Å²) in [5, 5.41) is 7.81. The first-order valence-corrected chi connectivity index (χ1v) is 9.68. The number of methoxy groups -OCH3 is 1. The van der Waals surface area contributed by atoms with Crippen LogP contribution in [-0.2, 0) is 6.54 Å². The van der Waals surface area contributed by atoms with E-state index in [1.165, 1.54) is 11.1 Å². The Labute approximate surface area is 170 Å². The van der Waals surface area contributed by atoms with Crippen molar-refractivity contribution in [3.05, 3.63) is 90.0 Å². The summed E-state index contributed by atoms with van der Waals surface area (Å²) in [4.78, 5) is 9.51. The number of para-hydroxylation sites is 1. The van der Waals surface area contributed by atoms with Crippen LogP contribution in [0.4, 0.5) is 11.8 Å². The molecule has 1 unspecified atom stereocenters. The fourth-order valence-corrected chi connectivity index (χ4v) is 3.29. The highest BCUT2D eigenvalue weighted by molar-refractivity contribution is 5.94. The van der Waals surface area contributed by atoms with Crippen molar-refractivity contribution in [2.45, 2.75) is 19.5 Å². The Bertz CT molecular complexity index is 1080. The molecule has 1 heterocycles. The lowest BCUT2D eigenvalue weighted by molar-refractivity contribution is 0.419. The normalized spacial score (nSPS) is 11.8. The van der Waals surface area contributed by atoms with Crippen molar-refractivity contribution in [3.8, 4) is 5.75 Å². The smallest absolute Gasteiger partial charge is 0.225 e. The van der Waals surface area contributed by atoms with Crippen molar-refractivity contribution in [1.29, 1.82) is 0 Å². The van der Waals surface area contributed by atoms with E-state index in [2.05, 4.69) is 41.8 Å². The molecule has 3 aromatic carbocycles. The number of nitrogens with one attached hydrogen (secondary N) is 2. The minimum Gasteiger partial charge on any atom is -0.494 e. The monoisotopic (exact) mass is 384 g/mol. The van der Waals surface area contributed by atoms with Gasteiger partial charge >= 0.3 is 0 Å². The van der Waals surface area contributed by atoms with E-state index in [9.17, 15) is 0 Å². The van der Waals surface area contributed by atoms with Gasteiger partial charge in [-0.15, -0.1) is 0 Å². The molecule has 0 spiro atoms. The maximum atomic E-state index is 5.54. The first kappa shape index (κ1) is 18.7. The van der Waals surface area contributed by atoms with Gasteiger partial charge in [-0.3, -0.25) is 0 Å². The molecule has 5 nitrogen and oxygen atoms in total. The molecule has 1 aromatic heterocycles. The van der Waals surface area contributed by atoms with Gasteiger partial charge in [-0.1, -0.05) is 66.7 Å². The predicted molar refractivity (Wildman–Crippen MR) is 118 cm³/mol. The Morgan fingerprint density at radius 1 is 0.862 bits per heavy atom. The molecule has 0 bridgehead atoms. The zero-order chi connectivity index (χ0) is 20.1. The molecule has 0 aliphatic heterocycles. The minimum atomic E-state index is 0.0744. The summed E-state index contributed by atoms with van der Waals surface area (Å²) >= 11 is 0. The summed E-state index contributed by atoms with van der Waals surface area (Å²) in [7, 11) is 1.66. The van der Waals surface area contributed by atoms with Gasteiger partial charge in [0.2, 0.25) is 5.95 Å². The SMILES string of the molecule is COc1cccc2c(NCc3ccccc3)nc(NC(C)c3ccccc3)nc12. The lowest BCUT2D eigenvalue weighted by Gasteiger charge is -2.17. The van der Waals surface area contributed by atoms with Gasteiger partial charge in [0.25, 0.3) is 0 Å². The summed E-state index contributed by atoms with van der Waals surface area (Å²) in [6, 6.07) is 26.5. The van der Waals surface area contributed by atoms with Crippen LogP contribution >= 0.6 is 0 Å². The third-order valence-electron chi connectivity index (χ3n) is 4.86. The summed E-state index contributed by atoms with van der Waals surface area (Å²) in [5.41, 5.74) is 3.15. The molecule has 0 amide bonds. The molecule has 0 saturated carbocycles. The average Bonchev–Trinajstić information content (AvgIpc) is 2.78. The molecule has 5 heteroatoms. The van der Waals surface area contributed by atoms with Crippen LogP contribution in [0.15, 0.2) is 78.9 Å². The van der Waals surface area contributed by atoms with Gasteiger partial charge < -0.3 is 15.4 Å². The van der Waals surface area contributed by atoms with E-state index in [1.807, 2.05) is 54.6 Å². The van der Waals surface area contributed by atoms with E-state index in [0.29, 0.717) is 12.5 Å². The standard InChI is InChI=1S/C24H24N4O/c1-17(19-12-7-4-8-13-19)26-24-27-22-20(14-9-15-21(22)29-2)23(28-24)25-16-18-10-5-3-6-11-18/h3-15,17H,16H2,1-2H3,(H2,25,26,27,28). The van der Waals surface area contributed by atoms with E-state index in [-0.39, 0.29) is 6.04 Å². The van der Waals surface area contributed by atoms with E-state index in [1.54, 1.807) is 7.11 Å². The van der Waals surface area contributed by atoms with Crippen LogP contribution in [0.1, 0.15) is 24.1 Å². The zero-order valence-electron chi connectivity index (χ0n) is 16.6. The van der Waals surface area contributed by atoms with Crippen LogP contribution in [0.2, 0.25) is 0 Å². The van der Waals surface area contributed by atoms with E-state index >= 15 is 0 Å². The minimum absolute atomic E-state index is 0.0744. The third kappa shape index (κ3) is 4.29. The van der Waals surface area contributed by atoms with Gasteiger partial charge in [0, 0.05) is 11.9 Å². The Kier molecular flexibility index (Phi) is 5.56. The van der Waals surface area contributed by atoms with Crippen molar-refractivity contribution >= 4 is 22.7 Å². The van der Waals surface area contributed by atoms with E-state index < -0.39 is 0 Å². The number of aromatic nitrogens is 2. The molecule has 0 radical (unpaired) electrons. The van der Waals surface area contributed by atoms with Crippen molar-refractivity contribution in [1.82, 2.24) is 9.97 Å². The number of hydrogen-bond donors (Lipinski definition) is 2. The maximum Gasteiger partial charge on any atom is 0.225 e. The predicted octanol–water partition coefficient (Wildman–Crippen LogP) is 5.42. The molecule has 29 heavy (non-hydrogen) atoms. The van der Waals surface area contributed by atoms with Gasteiger partial charge in [-0.2, -0.15) is 4.98 Å². The highest BCUT2D eigenvalue weighted by Gasteiger charge is 2.14.